The van der Waals surface area contributed by atoms with Gasteiger partial charge in [0.1, 0.15) is 6.61 Å². The highest BCUT2D eigenvalue weighted by Crippen LogP contribution is 2.04. The van der Waals surface area contributed by atoms with E-state index < -0.39 is 11.6 Å². The van der Waals surface area contributed by atoms with E-state index in [9.17, 15) is 9.90 Å². The molecule has 0 unspecified atom stereocenters. The lowest BCUT2D eigenvalue weighted by molar-refractivity contribution is -0.166. The molecule has 0 fully saturated rings. The molecule has 0 bridgehead atoms. The molecule has 57 valence electrons. The Hall–Kier alpha value is -0.830. The summed E-state index contributed by atoms with van der Waals surface area (Å²) in [7, 11) is 0. The fourth-order valence-electron chi connectivity index (χ4n) is 0.308. The average molecular weight is 143 g/mol. The van der Waals surface area contributed by atoms with Gasteiger partial charge in [0.15, 0.2) is 5.60 Å². The summed E-state index contributed by atoms with van der Waals surface area (Å²) in [6, 6.07) is 0. The van der Waals surface area contributed by atoms with Crippen LogP contribution in [0.25, 0.3) is 0 Å². The molecule has 0 N–H and O–H groups in total. The van der Waals surface area contributed by atoms with Gasteiger partial charge in [-0.15, -0.1) is 0 Å². The van der Waals surface area contributed by atoms with Gasteiger partial charge in [0.25, 0.3) is 0 Å². The number of hydrogen-bond acceptors (Lipinski definition) is 2. The molecule has 0 amide bonds. The second-order valence-electron chi connectivity index (χ2n) is 2.40. The van der Waals surface area contributed by atoms with Crippen LogP contribution in [0.5, 0.6) is 0 Å². The number of esters is 1. The Balaban J connectivity index is 3.74. The number of hydrogen-bond donors (Lipinski definition) is 0. The fourth-order valence-corrected chi connectivity index (χ4v) is 0.308. The summed E-state index contributed by atoms with van der Waals surface area (Å²) in [5, 5.41) is 10.8. The van der Waals surface area contributed by atoms with Crippen molar-refractivity contribution >= 4 is 5.97 Å². The molecule has 10 heavy (non-hydrogen) atoms. The zero-order valence-electron chi connectivity index (χ0n) is 6.22. The molecule has 0 aliphatic rings. The molecule has 0 saturated heterocycles. The van der Waals surface area contributed by atoms with Crippen molar-refractivity contribution in [1.82, 2.24) is 0 Å². The largest absolute Gasteiger partial charge is 0.459 e. The first kappa shape index (κ1) is 9.17. The zero-order chi connectivity index (χ0) is 8.20. The van der Waals surface area contributed by atoms with Gasteiger partial charge in [0, 0.05) is 0 Å². The summed E-state index contributed by atoms with van der Waals surface area (Å²) < 4.78 is 4.49. The highest BCUT2D eigenvalue weighted by molar-refractivity contribution is 5.78. The fraction of sp³-hybridized carbons (Fsp3) is 0.571. The Kier molecular flexibility index (Phi) is 3.09. The minimum atomic E-state index is -1.65. The first-order valence-electron chi connectivity index (χ1n) is 2.97. The van der Waals surface area contributed by atoms with Gasteiger partial charge >= 0.3 is 5.97 Å². The van der Waals surface area contributed by atoms with Gasteiger partial charge in [-0.3, -0.25) is 0 Å². The third-order valence-corrected chi connectivity index (χ3v) is 0.824. The molecular formula is C7H11O3. The Morgan fingerprint density at radius 3 is 2.50 bits per heavy atom. The molecule has 0 rings (SSSR count). The molecule has 0 saturated carbocycles. The third-order valence-electron chi connectivity index (χ3n) is 0.824. The quantitative estimate of drug-likeness (QED) is 0.435. The highest BCUT2D eigenvalue weighted by Gasteiger charge is 2.27. The monoisotopic (exact) mass is 143 g/mol. The van der Waals surface area contributed by atoms with E-state index in [-0.39, 0.29) is 6.61 Å². The van der Waals surface area contributed by atoms with Crippen molar-refractivity contribution in [3.63, 3.8) is 0 Å². The smallest absolute Gasteiger partial charge is 0.341 e. The lowest BCUT2D eigenvalue weighted by Gasteiger charge is -2.11. The normalized spacial score (nSPS) is 10.7. The van der Waals surface area contributed by atoms with Crippen LogP contribution in [0.15, 0.2) is 12.7 Å². The minimum Gasteiger partial charge on any atom is -0.459 e. The summed E-state index contributed by atoms with van der Waals surface area (Å²) in [5.74, 6) is -0.743. The van der Waals surface area contributed by atoms with Crippen LogP contribution in [0.2, 0.25) is 0 Å². The van der Waals surface area contributed by atoms with E-state index in [1.807, 2.05) is 0 Å². The molecule has 3 heteroatoms. The maximum atomic E-state index is 10.8. The van der Waals surface area contributed by atoms with Crippen LogP contribution < -0.4 is 0 Å². The number of ether oxygens (including phenoxy) is 1. The lowest BCUT2D eigenvalue weighted by Crippen LogP contribution is -2.31. The van der Waals surface area contributed by atoms with Crippen molar-refractivity contribution in [3.05, 3.63) is 12.7 Å². The first-order chi connectivity index (χ1) is 4.48. The Bertz CT molecular complexity index is 132. The number of rotatable bonds is 3. The topological polar surface area (TPSA) is 46.2 Å². The molecule has 0 atom stereocenters. The van der Waals surface area contributed by atoms with Gasteiger partial charge in [-0.05, 0) is 13.8 Å². The standard InChI is InChI=1S/C7H11O3/c1-4-5-10-6(8)7(2,3)9/h4H,1,5H2,2-3H3. The van der Waals surface area contributed by atoms with Crippen LogP contribution in [0.4, 0.5) is 0 Å². The summed E-state index contributed by atoms with van der Waals surface area (Å²) in [5.41, 5.74) is -1.65. The lowest BCUT2D eigenvalue weighted by atomic mass is 10.1. The van der Waals surface area contributed by atoms with E-state index in [2.05, 4.69) is 11.3 Å². The second kappa shape index (κ2) is 3.37. The number of carbonyl (C=O) groups is 1. The van der Waals surface area contributed by atoms with E-state index >= 15 is 0 Å². The van der Waals surface area contributed by atoms with Gasteiger partial charge in [0.2, 0.25) is 0 Å². The maximum Gasteiger partial charge on any atom is 0.341 e. The second-order valence-corrected chi connectivity index (χ2v) is 2.40. The van der Waals surface area contributed by atoms with Crippen LogP contribution in [0, 0.1) is 0 Å². The van der Waals surface area contributed by atoms with Crippen LogP contribution in [0.3, 0.4) is 0 Å². The van der Waals surface area contributed by atoms with Crippen molar-refractivity contribution in [1.29, 1.82) is 0 Å². The van der Waals surface area contributed by atoms with Gasteiger partial charge in [-0.1, -0.05) is 12.7 Å². The summed E-state index contributed by atoms with van der Waals surface area (Å²) in [6.45, 7) is 5.96. The maximum absolute atomic E-state index is 10.8. The van der Waals surface area contributed by atoms with Crippen LogP contribution in [-0.2, 0) is 14.6 Å². The molecular weight excluding hydrogens is 132 g/mol. The molecule has 3 nitrogen and oxygen atoms in total. The number of carbonyl (C=O) groups excluding carboxylic acids is 1. The SMILES string of the molecule is C=CCOC(=O)C(C)(C)[O]. The van der Waals surface area contributed by atoms with Crippen molar-refractivity contribution < 1.29 is 14.6 Å². The van der Waals surface area contributed by atoms with Crippen molar-refractivity contribution in [2.24, 2.45) is 0 Å². The van der Waals surface area contributed by atoms with E-state index in [1.165, 1.54) is 19.9 Å². The van der Waals surface area contributed by atoms with Crippen molar-refractivity contribution in [2.45, 2.75) is 19.4 Å². The van der Waals surface area contributed by atoms with Gasteiger partial charge in [-0.2, -0.15) is 0 Å². The molecule has 0 aromatic rings. The van der Waals surface area contributed by atoms with Gasteiger partial charge in [-0.25, -0.2) is 9.90 Å². The van der Waals surface area contributed by atoms with E-state index in [4.69, 9.17) is 0 Å². The van der Waals surface area contributed by atoms with Crippen LogP contribution in [0.1, 0.15) is 13.8 Å². The molecule has 0 aliphatic heterocycles. The van der Waals surface area contributed by atoms with Crippen LogP contribution >= 0.6 is 0 Å². The molecule has 0 heterocycles. The molecule has 1 radical (unpaired) electrons. The summed E-state index contributed by atoms with van der Waals surface area (Å²) >= 11 is 0. The minimum absolute atomic E-state index is 0.102. The Morgan fingerprint density at radius 1 is 1.70 bits per heavy atom. The molecule has 0 aromatic carbocycles. The average Bonchev–Trinajstić information content (AvgIpc) is 1.80. The predicted octanol–water partition coefficient (Wildman–Crippen LogP) is 0.925. The summed E-state index contributed by atoms with van der Waals surface area (Å²) in [4.78, 5) is 10.6. The van der Waals surface area contributed by atoms with Gasteiger partial charge < -0.3 is 4.74 Å². The van der Waals surface area contributed by atoms with E-state index in [1.54, 1.807) is 0 Å². The highest BCUT2D eigenvalue weighted by atomic mass is 16.5. The molecule has 0 aromatic heterocycles. The third kappa shape index (κ3) is 3.25. The Morgan fingerprint density at radius 2 is 2.20 bits per heavy atom. The molecule has 0 spiro atoms. The first-order valence-corrected chi connectivity index (χ1v) is 2.97. The van der Waals surface area contributed by atoms with Crippen LogP contribution in [-0.4, -0.2) is 18.2 Å². The summed E-state index contributed by atoms with van der Waals surface area (Å²) in [6.07, 6.45) is 1.42. The van der Waals surface area contributed by atoms with Gasteiger partial charge in [0.05, 0.1) is 0 Å². The molecule has 0 aliphatic carbocycles. The zero-order valence-corrected chi connectivity index (χ0v) is 6.22. The van der Waals surface area contributed by atoms with Crippen molar-refractivity contribution in [3.8, 4) is 0 Å². The van der Waals surface area contributed by atoms with E-state index in [0.717, 1.165) is 0 Å². The van der Waals surface area contributed by atoms with E-state index in [0.29, 0.717) is 0 Å². The predicted molar refractivity (Wildman–Crippen MR) is 35.9 cm³/mol. The van der Waals surface area contributed by atoms with Crippen molar-refractivity contribution in [2.75, 3.05) is 6.61 Å². The Labute approximate surface area is 60.3 Å².